The minimum atomic E-state index is 0.215. The van der Waals surface area contributed by atoms with Gasteiger partial charge in [0, 0.05) is 0 Å². The van der Waals surface area contributed by atoms with Gasteiger partial charge < -0.3 is 11.1 Å². The van der Waals surface area contributed by atoms with Crippen LogP contribution in [-0.2, 0) is 0 Å². The maximum absolute atomic E-state index is 5.78. The lowest BCUT2D eigenvalue weighted by molar-refractivity contribution is 0.326. The molecular weight excluding hydrogens is 148 g/mol. The van der Waals surface area contributed by atoms with Crippen molar-refractivity contribution in [2.24, 2.45) is 11.7 Å². The van der Waals surface area contributed by atoms with Gasteiger partial charge in [-0.1, -0.05) is 26.2 Å². The molecule has 12 heavy (non-hydrogen) atoms. The third-order valence-corrected chi connectivity index (χ3v) is 2.83. The summed E-state index contributed by atoms with van der Waals surface area (Å²) in [5.74, 6) is 0.899. The highest BCUT2D eigenvalue weighted by molar-refractivity contribution is 4.69. The van der Waals surface area contributed by atoms with Crippen LogP contribution in [0.15, 0.2) is 0 Å². The van der Waals surface area contributed by atoms with Crippen LogP contribution < -0.4 is 11.1 Å². The van der Waals surface area contributed by atoms with E-state index in [9.17, 15) is 0 Å². The quantitative estimate of drug-likeness (QED) is 0.632. The third-order valence-electron chi connectivity index (χ3n) is 2.83. The number of hydrogen-bond acceptors (Lipinski definition) is 2. The van der Waals surface area contributed by atoms with Gasteiger partial charge in [0.25, 0.3) is 0 Å². The fourth-order valence-corrected chi connectivity index (χ4v) is 1.85. The van der Waals surface area contributed by atoms with Crippen molar-refractivity contribution in [3.05, 3.63) is 0 Å². The summed E-state index contributed by atoms with van der Waals surface area (Å²) in [4.78, 5) is 0. The van der Waals surface area contributed by atoms with Crippen LogP contribution in [0, 0.1) is 5.92 Å². The van der Waals surface area contributed by atoms with Gasteiger partial charge in [-0.3, -0.25) is 0 Å². The van der Waals surface area contributed by atoms with Crippen molar-refractivity contribution in [2.45, 2.75) is 51.6 Å². The highest BCUT2D eigenvalue weighted by atomic mass is 15.0. The fraction of sp³-hybridized carbons (Fsp3) is 1.00. The van der Waals surface area contributed by atoms with E-state index in [0.717, 1.165) is 18.9 Å². The second kappa shape index (κ2) is 5.55. The topological polar surface area (TPSA) is 38.0 Å². The molecule has 3 N–H and O–H groups in total. The Morgan fingerprint density at radius 1 is 1.33 bits per heavy atom. The van der Waals surface area contributed by atoms with Gasteiger partial charge in [-0.05, 0) is 31.7 Å². The van der Waals surface area contributed by atoms with Crippen LogP contribution in [-0.4, -0.2) is 12.7 Å². The zero-order valence-corrected chi connectivity index (χ0v) is 8.18. The number of nitrogens with one attached hydrogen (secondary N) is 1. The molecule has 1 rings (SSSR count). The van der Waals surface area contributed by atoms with Crippen molar-refractivity contribution in [1.29, 1.82) is 0 Å². The van der Waals surface area contributed by atoms with Gasteiger partial charge in [-0.15, -0.1) is 0 Å². The molecule has 0 radical (unpaired) electrons. The van der Waals surface area contributed by atoms with Crippen molar-refractivity contribution >= 4 is 0 Å². The summed E-state index contributed by atoms with van der Waals surface area (Å²) in [7, 11) is 0. The Balaban J connectivity index is 2.05. The first-order valence-electron chi connectivity index (χ1n) is 5.32. The maximum Gasteiger partial charge on any atom is 0.0543 e. The second-order valence-corrected chi connectivity index (χ2v) is 3.93. The molecule has 1 unspecified atom stereocenters. The lowest BCUT2D eigenvalue weighted by Crippen LogP contribution is -2.39. The number of hydrogen-bond donors (Lipinski definition) is 2. The van der Waals surface area contributed by atoms with Crippen molar-refractivity contribution in [1.82, 2.24) is 5.32 Å². The highest BCUT2D eigenvalue weighted by Gasteiger charge is 2.13. The summed E-state index contributed by atoms with van der Waals surface area (Å²) in [6.07, 6.45) is 8.35. The van der Waals surface area contributed by atoms with E-state index in [0.29, 0.717) is 0 Å². The van der Waals surface area contributed by atoms with E-state index in [1.165, 1.54) is 32.1 Å². The molecule has 72 valence electrons. The lowest BCUT2D eigenvalue weighted by atomic mass is 9.89. The average molecular weight is 170 g/mol. The van der Waals surface area contributed by atoms with Gasteiger partial charge in [0.1, 0.15) is 0 Å². The summed E-state index contributed by atoms with van der Waals surface area (Å²) >= 11 is 0. The average Bonchev–Trinajstić information content (AvgIpc) is 2.16. The highest BCUT2D eigenvalue weighted by Crippen LogP contribution is 2.22. The van der Waals surface area contributed by atoms with Crippen LogP contribution in [0.3, 0.4) is 0 Å². The molecule has 0 bridgehead atoms. The van der Waals surface area contributed by atoms with Crippen molar-refractivity contribution in [2.75, 3.05) is 6.54 Å². The summed E-state index contributed by atoms with van der Waals surface area (Å²) in [6.45, 7) is 3.26. The Morgan fingerprint density at radius 3 is 2.58 bits per heavy atom. The lowest BCUT2D eigenvalue weighted by Gasteiger charge is -2.23. The first-order valence-corrected chi connectivity index (χ1v) is 5.32. The van der Waals surface area contributed by atoms with Crippen molar-refractivity contribution in [3.8, 4) is 0 Å². The fourth-order valence-electron chi connectivity index (χ4n) is 1.85. The zero-order valence-electron chi connectivity index (χ0n) is 8.18. The molecule has 1 aliphatic rings. The molecule has 0 spiro atoms. The second-order valence-electron chi connectivity index (χ2n) is 3.93. The molecular formula is C10H22N2. The zero-order chi connectivity index (χ0) is 8.81. The largest absolute Gasteiger partial charge is 0.316 e. The Kier molecular flexibility index (Phi) is 4.62. The standard InChI is InChI=1S/C10H22N2/c1-2-10(11)12-8-9-6-4-3-5-7-9/h9-10,12H,2-8,11H2,1H3. The van der Waals surface area contributed by atoms with E-state index in [-0.39, 0.29) is 6.17 Å². The van der Waals surface area contributed by atoms with Crippen LogP contribution in [0.25, 0.3) is 0 Å². The van der Waals surface area contributed by atoms with E-state index in [2.05, 4.69) is 12.2 Å². The Morgan fingerprint density at radius 2 is 2.00 bits per heavy atom. The first-order chi connectivity index (χ1) is 5.83. The van der Waals surface area contributed by atoms with Gasteiger partial charge in [-0.2, -0.15) is 0 Å². The van der Waals surface area contributed by atoms with E-state index in [1.807, 2.05) is 0 Å². The summed E-state index contributed by atoms with van der Waals surface area (Å²) in [6, 6.07) is 0. The Hall–Kier alpha value is -0.0800. The van der Waals surface area contributed by atoms with Gasteiger partial charge in [0.15, 0.2) is 0 Å². The number of nitrogens with two attached hydrogens (primary N) is 1. The molecule has 1 aliphatic carbocycles. The molecule has 1 fully saturated rings. The minimum absolute atomic E-state index is 0.215. The summed E-state index contributed by atoms with van der Waals surface area (Å²) < 4.78 is 0. The van der Waals surface area contributed by atoms with Crippen LogP contribution in [0.1, 0.15) is 45.4 Å². The van der Waals surface area contributed by atoms with Gasteiger partial charge in [-0.25, -0.2) is 0 Å². The normalized spacial score (nSPS) is 22.5. The van der Waals surface area contributed by atoms with Gasteiger partial charge in [0.05, 0.1) is 6.17 Å². The van der Waals surface area contributed by atoms with Crippen LogP contribution in [0.2, 0.25) is 0 Å². The molecule has 2 heteroatoms. The molecule has 1 atom stereocenters. The molecule has 0 aromatic carbocycles. The Bertz CT molecular complexity index is 108. The van der Waals surface area contributed by atoms with Crippen molar-refractivity contribution in [3.63, 3.8) is 0 Å². The van der Waals surface area contributed by atoms with E-state index in [4.69, 9.17) is 5.73 Å². The van der Waals surface area contributed by atoms with E-state index >= 15 is 0 Å². The molecule has 1 saturated carbocycles. The van der Waals surface area contributed by atoms with E-state index in [1.54, 1.807) is 0 Å². The van der Waals surface area contributed by atoms with Gasteiger partial charge in [0.2, 0.25) is 0 Å². The maximum atomic E-state index is 5.78. The Labute approximate surface area is 75.9 Å². The molecule has 2 nitrogen and oxygen atoms in total. The summed E-state index contributed by atoms with van der Waals surface area (Å²) in [5, 5.41) is 3.38. The summed E-state index contributed by atoms with van der Waals surface area (Å²) in [5.41, 5.74) is 5.78. The van der Waals surface area contributed by atoms with Crippen molar-refractivity contribution < 1.29 is 0 Å². The molecule has 0 heterocycles. The monoisotopic (exact) mass is 170 g/mol. The predicted octanol–water partition coefficient (Wildman–Crippen LogP) is 1.85. The van der Waals surface area contributed by atoms with E-state index < -0.39 is 0 Å². The number of rotatable bonds is 4. The third kappa shape index (κ3) is 3.55. The SMILES string of the molecule is CCC(N)NCC1CCCCC1. The van der Waals surface area contributed by atoms with Crippen LogP contribution in [0.4, 0.5) is 0 Å². The van der Waals surface area contributed by atoms with Gasteiger partial charge >= 0.3 is 0 Å². The predicted molar refractivity (Wildman–Crippen MR) is 52.8 cm³/mol. The smallest absolute Gasteiger partial charge is 0.0543 e. The van der Waals surface area contributed by atoms with Crippen LogP contribution >= 0.6 is 0 Å². The molecule has 0 saturated heterocycles. The van der Waals surface area contributed by atoms with Crippen LogP contribution in [0.5, 0.6) is 0 Å². The molecule has 0 aromatic rings. The molecule has 0 amide bonds. The molecule has 0 aliphatic heterocycles. The molecule has 0 aromatic heterocycles. The first kappa shape index (κ1) is 10.0. The minimum Gasteiger partial charge on any atom is -0.316 e.